The van der Waals surface area contributed by atoms with Gasteiger partial charge in [0.25, 0.3) is 0 Å². The van der Waals surface area contributed by atoms with Crippen molar-refractivity contribution in [2.24, 2.45) is 0 Å². The summed E-state index contributed by atoms with van der Waals surface area (Å²) in [7, 11) is 0. The largest absolute Gasteiger partial charge is 0.309 e. The Labute approximate surface area is 349 Å². The summed E-state index contributed by atoms with van der Waals surface area (Å²) in [6.07, 6.45) is 0. The van der Waals surface area contributed by atoms with Crippen molar-refractivity contribution in [1.29, 1.82) is 0 Å². The summed E-state index contributed by atoms with van der Waals surface area (Å²) in [4.78, 5) is 16.0. The Hall–Kier alpha value is -7.41. The van der Waals surface area contributed by atoms with Crippen molar-refractivity contribution in [3.8, 4) is 45.5 Å². The van der Waals surface area contributed by atoms with E-state index in [1.165, 1.54) is 64.2 Å². The van der Waals surface area contributed by atoms with Crippen molar-refractivity contribution in [3.63, 3.8) is 0 Å². The van der Waals surface area contributed by atoms with Crippen LogP contribution in [-0.2, 0) is 5.41 Å². The van der Waals surface area contributed by atoms with Crippen molar-refractivity contribution in [3.05, 3.63) is 187 Å². The zero-order valence-corrected chi connectivity index (χ0v) is 33.7. The summed E-state index contributed by atoms with van der Waals surface area (Å²) in [6.45, 7) is 4.74. The molecule has 6 heteroatoms. The molecule has 4 aromatic heterocycles. The van der Waals surface area contributed by atoms with Crippen LogP contribution in [-0.4, -0.2) is 24.1 Å². The molecular formula is C54H35N5S. The molecular weight excluding hydrogens is 751 g/mol. The van der Waals surface area contributed by atoms with Crippen molar-refractivity contribution in [1.82, 2.24) is 24.1 Å². The lowest BCUT2D eigenvalue weighted by molar-refractivity contribution is 0.664. The number of benzene rings is 8. The maximum absolute atomic E-state index is 5.36. The molecule has 13 rings (SSSR count). The van der Waals surface area contributed by atoms with Gasteiger partial charge < -0.3 is 4.57 Å². The third-order valence-electron chi connectivity index (χ3n) is 12.8. The average molecular weight is 786 g/mol. The lowest BCUT2D eigenvalue weighted by atomic mass is 9.81. The van der Waals surface area contributed by atoms with E-state index in [1.807, 2.05) is 0 Å². The van der Waals surface area contributed by atoms with Gasteiger partial charge in [-0.2, -0.15) is 9.97 Å². The SMILES string of the molecule is CC1(C)c2ccccc2-c2ccc3c4ccccc4n(-c4cccc(-c5nc(-c6ccc7c(c6)sc6ccccc67)nc(-n6c7ccccc7c7ccccc76)n5)c4)c3c21. The molecule has 0 saturated heterocycles. The van der Waals surface area contributed by atoms with Gasteiger partial charge in [-0.1, -0.05) is 147 Å². The van der Waals surface area contributed by atoms with Gasteiger partial charge in [0.2, 0.25) is 5.95 Å². The summed E-state index contributed by atoms with van der Waals surface area (Å²) >= 11 is 1.80. The summed E-state index contributed by atoms with van der Waals surface area (Å²) in [5.74, 6) is 1.84. The maximum atomic E-state index is 5.36. The van der Waals surface area contributed by atoms with Crippen LogP contribution in [0.25, 0.3) is 109 Å². The Morgan fingerprint density at radius 2 is 1.02 bits per heavy atom. The van der Waals surface area contributed by atoms with Crippen LogP contribution in [0.5, 0.6) is 0 Å². The van der Waals surface area contributed by atoms with Crippen molar-refractivity contribution in [2.45, 2.75) is 19.3 Å². The van der Waals surface area contributed by atoms with Gasteiger partial charge in [-0.15, -0.1) is 11.3 Å². The van der Waals surface area contributed by atoms with Crippen molar-refractivity contribution < 1.29 is 0 Å². The minimum absolute atomic E-state index is 0.189. The van der Waals surface area contributed by atoms with E-state index in [9.17, 15) is 0 Å². The molecule has 282 valence electrons. The number of hydrogen-bond acceptors (Lipinski definition) is 4. The minimum atomic E-state index is -0.189. The Morgan fingerprint density at radius 3 is 1.77 bits per heavy atom. The Morgan fingerprint density at radius 1 is 0.433 bits per heavy atom. The molecule has 0 N–H and O–H groups in total. The lowest BCUT2D eigenvalue weighted by Gasteiger charge is -2.23. The first-order valence-corrected chi connectivity index (χ1v) is 21.3. The highest BCUT2D eigenvalue weighted by Crippen LogP contribution is 2.53. The standard InChI is InChI=1S/C54H35N5S/c1-54(2)43-21-8-3-16-35(43)41-28-29-42-38-19-6-9-22-44(38)58(50(42)49(41)54)34-15-13-14-32(30-34)51-55-52(33-26-27-40-39-20-7-12-25-47(39)60-48(40)31-33)57-53(56-51)59-45-23-10-4-17-36(45)37-18-5-11-24-46(37)59/h3-31H,1-2H3. The highest BCUT2D eigenvalue weighted by molar-refractivity contribution is 7.25. The molecule has 0 spiro atoms. The fourth-order valence-corrected chi connectivity index (χ4v) is 11.2. The highest BCUT2D eigenvalue weighted by Gasteiger charge is 2.38. The number of rotatable bonds is 4. The highest BCUT2D eigenvalue weighted by atomic mass is 32.1. The molecule has 0 aliphatic heterocycles. The zero-order valence-electron chi connectivity index (χ0n) is 32.9. The smallest absolute Gasteiger partial charge is 0.238 e. The molecule has 0 radical (unpaired) electrons. The summed E-state index contributed by atoms with van der Waals surface area (Å²) in [5.41, 5.74) is 12.6. The normalized spacial score (nSPS) is 13.3. The third kappa shape index (κ3) is 4.65. The monoisotopic (exact) mass is 785 g/mol. The first kappa shape index (κ1) is 33.6. The quantitative estimate of drug-likeness (QED) is 0.179. The van der Waals surface area contributed by atoms with E-state index >= 15 is 0 Å². The van der Waals surface area contributed by atoms with Crippen LogP contribution in [0, 0.1) is 0 Å². The van der Waals surface area contributed by atoms with Crippen LogP contribution in [0.2, 0.25) is 0 Å². The molecule has 0 fully saturated rings. The van der Waals surface area contributed by atoms with E-state index in [0.29, 0.717) is 17.6 Å². The topological polar surface area (TPSA) is 48.5 Å². The fraction of sp³-hybridized carbons (Fsp3) is 0.0556. The predicted octanol–water partition coefficient (Wildman–Crippen LogP) is 14.1. The van der Waals surface area contributed by atoms with Gasteiger partial charge in [0.05, 0.1) is 22.1 Å². The van der Waals surface area contributed by atoms with Gasteiger partial charge in [-0.3, -0.25) is 4.57 Å². The van der Waals surface area contributed by atoms with Crippen molar-refractivity contribution >= 4 is 75.1 Å². The molecule has 60 heavy (non-hydrogen) atoms. The van der Waals surface area contributed by atoms with Gasteiger partial charge in [-0.25, -0.2) is 4.98 Å². The molecule has 1 aliphatic rings. The molecule has 1 aliphatic carbocycles. The Kier molecular flexibility index (Phi) is 6.88. The van der Waals surface area contributed by atoms with E-state index < -0.39 is 0 Å². The van der Waals surface area contributed by atoms with Crippen LogP contribution in [0.15, 0.2) is 176 Å². The van der Waals surface area contributed by atoms with E-state index in [0.717, 1.165) is 38.6 Å². The molecule has 0 unspecified atom stereocenters. The number of fused-ring (bicyclic) bond motifs is 13. The molecule has 8 aromatic carbocycles. The second-order valence-corrected chi connectivity index (χ2v) is 17.5. The van der Waals surface area contributed by atoms with Gasteiger partial charge in [-0.05, 0) is 64.7 Å². The molecule has 0 amide bonds. The van der Waals surface area contributed by atoms with Crippen LogP contribution >= 0.6 is 11.3 Å². The number of thiophene rings is 1. The second-order valence-electron chi connectivity index (χ2n) is 16.4. The Balaban J connectivity index is 1.06. The molecule has 12 aromatic rings. The fourth-order valence-electron chi connectivity index (χ4n) is 10.1. The van der Waals surface area contributed by atoms with Gasteiger partial charge in [0, 0.05) is 63.9 Å². The Bertz CT molecular complexity index is 3720. The number of hydrogen-bond donors (Lipinski definition) is 0. The van der Waals surface area contributed by atoms with E-state index in [-0.39, 0.29) is 5.41 Å². The molecule has 5 nitrogen and oxygen atoms in total. The number of aromatic nitrogens is 5. The van der Waals surface area contributed by atoms with Crippen LogP contribution in [0.3, 0.4) is 0 Å². The summed E-state index contributed by atoms with van der Waals surface area (Å²) in [6, 6.07) is 63.3. The number of nitrogens with zero attached hydrogens (tertiary/aromatic N) is 5. The molecule has 0 bridgehead atoms. The van der Waals surface area contributed by atoms with Crippen molar-refractivity contribution in [2.75, 3.05) is 0 Å². The summed E-state index contributed by atoms with van der Waals surface area (Å²) in [5, 5.41) is 7.33. The van der Waals surface area contributed by atoms with E-state index in [4.69, 9.17) is 15.0 Å². The lowest BCUT2D eigenvalue weighted by Crippen LogP contribution is -2.16. The number of para-hydroxylation sites is 3. The molecule has 4 heterocycles. The second kappa shape index (κ2) is 12.3. The predicted molar refractivity (Wildman–Crippen MR) is 250 cm³/mol. The van der Waals surface area contributed by atoms with Gasteiger partial charge in [0.1, 0.15) is 0 Å². The molecule has 0 saturated carbocycles. The summed E-state index contributed by atoms with van der Waals surface area (Å²) < 4.78 is 7.13. The van der Waals surface area contributed by atoms with E-state index in [1.54, 1.807) is 11.3 Å². The molecule has 0 atom stereocenters. The maximum Gasteiger partial charge on any atom is 0.238 e. The average Bonchev–Trinajstić information content (AvgIpc) is 4.01. The van der Waals surface area contributed by atoms with Crippen LogP contribution < -0.4 is 0 Å². The van der Waals surface area contributed by atoms with Gasteiger partial charge >= 0.3 is 0 Å². The van der Waals surface area contributed by atoms with E-state index in [2.05, 4.69) is 199 Å². The minimum Gasteiger partial charge on any atom is -0.309 e. The zero-order chi connectivity index (χ0) is 39.7. The first-order chi connectivity index (χ1) is 29.5. The van der Waals surface area contributed by atoms with Crippen LogP contribution in [0.4, 0.5) is 0 Å². The van der Waals surface area contributed by atoms with Gasteiger partial charge in [0.15, 0.2) is 11.6 Å². The van der Waals surface area contributed by atoms with Crippen LogP contribution in [0.1, 0.15) is 25.0 Å². The third-order valence-corrected chi connectivity index (χ3v) is 13.9. The first-order valence-electron chi connectivity index (χ1n) is 20.4.